The summed E-state index contributed by atoms with van der Waals surface area (Å²) in [5, 5.41) is 3.12. The first-order valence-corrected chi connectivity index (χ1v) is 8.50. The standard InChI is InChI=1S/C18H27N3O2/c1-20-13-15-6-4-3-5-14(15)11-17(20)12-19-18(22)21(2)16-7-9-23-10-8-16/h3-6,16-17H,7-13H2,1-2H3,(H,19,22). The van der Waals surface area contributed by atoms with Crippen molar-refractivity contribution in [1.82, 2.24) is 15.1 Å². The van der Waals surface area contributed by atoms with Gasteiger partial charge < -0.3 is 15.0 Å². The molecule has 0 aromatic heterocycles. The number of fused-ring (bicyclic) bond motifs is 1. The molecule has 23 heavy (non-hydrogen) atoms. The largest absolute Gasteiger partial charge is 0.381 e. The summed E-state index contributed by atoms with van der Waals surface area (Å²) >= 11 is 0. The van der Waals surface area contributed by atoms with E-state index in [0.29, 0.717) is 18.6 Å². The van der Waals surface area contributed by atoms with Gasteiger partial charge in [0.25, 0.3) is 0 Å². The van der Waals surface area contributed by atoms with Crippen molar-refractivity contribution in [2.24, 2.45) is 0 Å². The van der Waals surface area contributed by atoms with Crippen LogP contribution in [-0.2, 0) is 17.7 Å². The van der Waals surface area contributed by atoms with Gasteiger partial charge in [0, 0.05) is 45.4 Å². The molecular formula is C18H27N3O2. The van der Waals surface area contributed by atoms with E-state index < -0.39 is 0 Å². The van der Waals surface area contributed by atoms with Gasteiger partial charge in [-0.05, 0) is 37.4 Å². The van der Waals surface area contributed by atoms with Gasteiger partial charge in [-0.2, -0.15) is 0 Å². The second-order valence-corrected chi connectivity index (χ2v) is 6.68. The van der Waals surface area contributed by atoms with E-state index in [0.717, 1.165) is 39.0 Å². The highest BCUT2D eigenvalue weighted by atomic mass is 16.5. The minimum atomic E-state index is 0.0316. The van der Waals surface area contributed by atoms with Crippen LogP contribution < -0.4 is 5.32 Å². The molecule has 3 rings (SSSR count). The van der Waals surface area contributed by atoms with E-state index in [1.54, 1.807) is 0 Å². The summed E-state index contributed by atoms with van der Waals surface area (Å²) in [7, 11) is 4.03. The Morgan fingerprint density at radius 1 is 1.30 bits per heavy atom. The third-order valence-corrected chi connectivity index (χ3v) is 5.16. The average Bonchev–Trinajstić information content (AvgIpc) is 2.59. The van der Waals surface area contributed by atoms with Crippen LogP contribution in [0.3, 0.4) is 0 Å². The van der Waals surface area contributed by atoms with Crippen molar-refractivity contribution in [2.75, 3.05) is 33.9 Å². The van der Waals surface area contributed by atoms with Crippen molar-refractivity contribution in [1.29, 1.82) is 0 Å². The summed E-state index contributed by atoms with van der Waals surface area (Å²) in [6.45, 7) is 3.15. The second kappa shape index (κ2) is 7.32. The molecule has 1 aromatic rings. The van der Waals surface area contributed by atoms with E-state index in [4.69, 9.17) is 4.74 Å². The maximum atomic E-state index is 12.4. The van der Waals surface area contributed by atoms with Crippen molar-refractivity contribution in [3.63, 3.8) is 0 Å². The lowest BCUT2D eigenvalue weighted by Crippen LogP contribution is -2.50. The Balaban J connectivity index is 1.52. The Bertz CT molecular complexity index is 543. The molecule has 1 atom stereocenters. The molecular weight excluding hydrogens is 290 g/mol. The Labute approximate surface area is 138 Å². The molecule has 1 fully saturated rings. The number of urea groups is 1. The summed E-state index contributed by atoms with van der Waals surface area (Å²) in [6.07, 6.45) is 2.86. The smallest absolute Gasteiger partial charge is 0.317 e. The maximum absolute atomic E-state index is 12.4. The lowest BCUT2D eigenvalue weighted by molar-refractivity contribution is 0.0522. The van der Waals surface area contributed by atoms with Crippen LogP contribution in [0.15, 0.2) is 24.3 Å². The van der Waals surface area contributed by atoms with E-state index >= 15 is 0 Å². The van der Waals surface area contributed by atoms with Gasteiger partial charge in [-0.25, -0.2) is 4.79 Å². The molecule has 0 saturated carbocycles. The summed E-state index contributed by atoms with van der Waals surface area (Å²) < 4.78 is 5.37. The topological polar surface area (TPSA) is 44.8 Å². The lowest BCUT2D eigenvalue weighted by Gasteiger charge is -2.35. The molecule has 2 aliphatic rings. The number of ether oxygens (including phenoxy) is 1. The first-order chi connectivity index (χ1) is 11.1. The summed E-state index contributed by atoms with van der Waals surface area (Å²) in [4.78, 5) is 16.6. The first-order valence-electron chi connectivity index (χ1n) is 8.50. The van der Waals surface area contributed by atoms with Gasteiger partial charge >= 0.3 is 6.03 Å². The van der Waals surface area contributed by atoms with E-state index in [1.807, 2.05) is 11.9 Å². The fourth-order valence-corrected chi connectivity index (χ4v) is 3.51. The van der Waals surface area contributed by atoms with E-state index in [1.165, 1.54) is 11.1 Å². The molecule has 5 heteroatoms. The molecule has 0 bridgehead atoms. The van der Waals surface area contributed by atoms with Crippen LogP contribution >= 0.6 is 0 Å². The SMILES string of the molecule is CN1Cc2ccccc2CC1CNC(=O)N(C)C1CCOCC1. The minimum Gasteiger partial charge on any atom is -0.381 e. The molecule has 2 aliphatic heterocycles. The van der Waals surface area contributed by atoms with Crippen LogP contribution in [0.2, 0.25) is 0 Å². The number of rotatable bonds is 3. The molecule has 1 aromatic carbocycles. The normalized spacial score (nSPS) is 22.4. The van der Waals surface area contributed by atoms with Gasteiger partial charge in [-0.15, -0.1) is 0 Å². The molecule has 1 saturated heterocycles. The monoisotopic (exact) mass is 317 g/mol. The number of hydrogen-bond acceptors (Lipinski definition) is 3. The summed E-state index contributed by atoms with van der Waals surface area (Å²) in [5.41, 5.74) is 2.81. The molecule has 2 amide bonds. The van der Waals surface area contributed by atoms with Gasteiger partial charge in [0.2, 0.25) is 0 Å². The van der Waals surface area contributed by atoms with Gasteiger partial charge in [-0.1, -0.05) is 24.3 Å². The Kier molecular flexibility index (Phi) is 5.18. The number of likely N-dealkylation sites (N-methyl/N-ethyl adjacent to an activating group) is 1. The van der Waals surface area contributed by atoms with Crippen molar-refractivity contribution >= 4 is 6.03 Å². The lowest BCUT2D eigenvalue weighted by atomic mass is 9.94. The first kappa shape index (κ1) is 16.3. The highest BCUT2D eigenvalue weighted by Gasteiger charge is 2.26. The Morgan fingerprint density at radius 2 is 2.00 bits per heavy atom. The van der Waals surface area contributed by atoms with E-state index in [9.17, 15) is 4.79 Å². The van der Waals surface area contributed by atoms with Crippen molar-refractivity contribution in [3.8, 4) is 0 Å². The van der Waals surface area contributed by atoms with Crippen molar-refractivity contribution in [2.45, 2.75) is 37.9 Å². The maximum Gasteiger partial charge on any atom is 0.317 e. The number of nitrogens with zero attached hydrogens (tertiary/aromatic N) is 2. The number of amides is 2. The molecule has 126 valence electrons. The third-order valence-electron chi connectivity index (χ3n) is 5.16. The number of carbonyl (C=O) groups excluding carboxylic acids is 1. The molecule has 0 aliphatic carbocycles. The number of nitrogens with one attached hydrogen (secondary N) is 1. The van der Waals surface area contributed by atoms with Gasteiger partial charge in [0.15, 0.2) is 0 Å². The highest BCUT2D eigenvalue weighted by molar-refractivity contribution is 5.74. The van der Waals surface area contributed by atoms with E-state index in [2.05, 4.69) is 41.5 Å². The molecule has 1 unspecified atom stereocenters. The van der Waals surface area contributed by atoms with E-state index in [-0.39, 0.29) is 6.03 Å². The quantitative estimate of drug-likeness (QED) is 0.925. The van der Waals surface area contributed by atoms with Crippen molar-refractivity contribution < 1.29 is 9.53 Å². The number of benzene rings is 1. The van der Waals surface area contributed by atoms with Gasteiger partial charge in [-0.3, -0.25) is 4.90 Å². The summed E-state index contributed by atoms with van der Waals surface area (Å²) in [6, 6.07) is 9.27. The van der Waals surface area contributed by atoms with Crippen LogP contribution in [0.4, 0.5) is 4.79 Å². The van der Waals surface area contributed by atoms with Crippen molar-refractivity contribution in [3.05, 3.63) is 35.4 Å². The van der Waals surface area contributed by atoms with Crippen LogP contribution in [0.1, 0.15) is 24.0 Å². The predicted molar refractivity (Wildman–Crippen MR) is 90.4 cm³/mol. The summed E-state index contributed by atoms with van der Waals surface area (Å²) in [5.74, 6) is 0. The molecule has 0 radical (unpaired) electrons. The fourth-order valence-electron chi connectivity index (χ4n) is 3.51. The molecule has 1 N–H and O–H groups in total. The molecule has 0 spiro atoms. The zero-order valence-electron chi connectivity index (χ0n) is 14.1. The number of hydrogen-bond donors (Lipinski definition) is 1. The Hall–Kier alpha value is -1.59. The average molecular weight is 317 g/mol. The second-order valence-electron chi connectivity index (χ2n) is 6.68. The minimum absolute atomic E-state index is 0.0316. The van der Waals surface area contributed by atoms with Crippen LogP contribution in [-0.4, -0.2) is 61.8 Å². The third kappa shape index (κ3) is 3.85. The highest BCUT2D eigenvalue weighted by Crippen LogP contribution is 2.21. The number of carbonyl (C=O) groups is 1. The van der Waals surface area contributed by atoms with Gasteiger partial charge in [0.05, 0.1) is 0 Å². The van der Waals surface area contributed by atoms with Crippen LogP contribution in [0.25, 0.3) is 0 Å². The van der Waals surface area contributed by atoms with Crippen LogP contribution in [0, 0.1) is 0 Å². The fraction of sp³-hybridized carbons (Fsp3) is 0.611. The molecule has 5 nitrogen and oxygen atoms in total. The van der Waals surface area contributed by atoms with Gasteiger partial charge in [0.1, 0.15) is 0 Å². The zero-order chi connectivity index (χ0) is 16.2. The Morgan fingerprint density at radius 3 is 2.74 bits per heavy atom. The predicted octanol–water partition coefficient (Wildman–Crippen LogP) is 1.86. The van der Waals surface area contributed by atoms with Crippen LogP contribution in [0.5, 0.6) is 0 Å². The molecule has 2 heterocycles. The zero-order valence-corrected chi connectivity index (χ0v) is 14.1.